The fourth-order valence-electron chi connectivity index (χ4n) is 5.35. The van der Waals surface area contributed by atoms with Gasteiger partial charge >= 0.3 is 0 Å². The number of hydrazine groups is 1. The molecule has 0 aliphatic carbocycles. The Morgan fingerprint density at radius 1 is 1.29 bits per heavy atom. The summed E-state index contributed by atoms with van der Waals surface area (Å²) in [6.07, 6.45) is 7.31. The highest BCUT2D eigenvalue weighted by Crippen LogP contribution is 2.39. The van der Waals surface area contributed by atoms with Crippen LogP contribution in [0.5, 0.6) is 0 Å². The molecule has 0 radical (unpaired) electrons. The van der Waals surface area contributed by atoms with E-state index >= 15 is 0 Å². The molecule has 5 atom stereocenters. The first-order valence-corrected chi connectivity index (χ1v) is 11.4. The van der Waals surface area contributed by atoms with Gasteiger partial charge in [0, 0.05) is 68.0 Å². The maximum Gasteiger partial charge on any atom is 0.136 e. The number of rotatable bonds is 4. The van der Waals surface area contributed by atoms with Crippen molar-refractivity contribution in [2.24, 2.45) is 18.7 Å². The number of aryl methyl sites for hydroxylation is 1. The molecular weight excluding hydrogens is 388 g/mol. The molecule has 0 spiro atoms. The summed E-state index contributed by atoms with van der Waals surface area (Å²) < 4.78 is 1.87. The van der Waals surface area contributed by atoms with Gasteiger partial charge in [0.05, 0.1) is 17.9 Å². The summed E-state index contributed by atoms with van der Waals surface area (Å²) in [7, 11) is 1.97. The summed E-state index contributed by atoms with van der Waals surface area (Å²) in [4.78, 5) is 7.55. The van der Waals surface area contributed by atoms with Crippen molar-refractivity contribution in [3.05, 3.63) is 47.9 Å². The molecule has 3 aliphatic rings. The maximum absolute atomic E-state index is 6.28. The lowest BCUT2D eigenvalue weighted by atomic mass is 9.81. The minimum absolute atomic E-state index is 0.169. The number of nitrogens with one attached hydrogen (secondary N) is 3. The van der Waals surface area contributed by atoms with Gasteiger partial charge < -0.3 is 16.0 Å². The predicted molar refractivity (Wildman–Crippen MR) is 123 cm³/mol. The van der Waals surface area contributed by atoms with Gasteiger partial charge in [-0.1, -0.05) is 6.58 Å². The van der Waals surface area contributed by atoms with Gasteiger partial charge in [0.25, 0.3) is 0 Å². The molecular formula is C23H34N8. The lowest BCUT2D eigenvalue weighted by Gasteiger charge is -2.35. The average molecular weight is 423 g/mol. The zero-order valence-electron chi connectivity index (χ0n) is 18.5. The third-order valence-electron chi connectivity index (χ3n) is 7.02. The van der Waals surface area contributed by atoms with Gasteiger partial charge in [-0.25, -0.2) is 10.4 Å². The van der Waals surface area contributed by atoms with E-state index in [1.54, 1.807) is 0 Å². The maximum atomic E-state index is 6.28. The average Bonchev–Trinajstić information content (AvgIpc) is 3.39. The Morgan fingerprint density at radius 2 is 2.16 bits per heavy atom. The molecule has 166 valence electrons. The van der Waals surface area contributed by atoms with E-state index in [0.29, 0.717) is 18.0 Å². The molecule has 0 saturated carbocycles. The molecule has 3 fully saturated rings. The summed E-state index contributed by atoms with van der Waals surface area (Å²) in [5, 5.41) is 8.03. The molecule has 0 aromatic carbocycles. The number of anilines is 1. The van der Waals surface area contributed by atoms with Crippen LogP contribution >= 0.6 is 0 Å². The highest BCUT2D eigenvalue weighted by molar-refractivity contribution is 5.72. The summed E-state index contributed by atoms with van der Waals surface area (Å²) in [6.45, 7) is 9.03. The first-order valence-electron chi connectivity index (χ1n) is 11.4. The molecule has 2 aromatic rings. The van der Waals surface area contributed by atoms with Crippen molar-refractivity contribution in [3.63, 3.8) is 0 Å². The highest BCUT2D eigenvalue weighted by atomic mass is 15.4. The topological polar surface area (TPSA) is 96.1 Å². The van der Waals surface area contributed by atoms with Gasteiger partial charge in [0.2, 0.25) is 0 Å². The number of piperidine rings is 2. The third kappa shape index (κ3) is 4.01. The van der Waals surface area contributed by atoms with E-state index in [2.05, 4.69) is 58.0 Å². The number of nitrogens with two attached hydrogens (primary N) is 1. The van der Waals surface area contributed by atoms with E-state index in [0.717, 1.165) is 61.5 Å². The fourth-order valence-corrected chi connectivity index (χ4v) is 5.35. The minimum Gasteiger partial charge on any atom is -0.355 e. The van der Waals surface area contributed by atoms with Crippen LogP contribution in [0, 0.1) is 5.92 Å². The van der Waals surface area contributed by atoms with Crippen molar-refractivity contribution in [1.82, 2.24) is 30.9 Å². The lowest BCUT2D eigenvalue weighted by molar-refractivity contribution is 0.265. The van der Waals surface area contributed by atoms with Crippen molar-refractivity contribution in [2.75, 3.05) is 24.5 Å². The zero-order chi connectivity index (χ0) is 21.5. The molecule has 4 unspecified atom stereocenters. The summed E-state index contributed by atoms with van der Waals surface area (Å²) in [5.41, 5.74) is 17.8. The van der Waals surface area contributed by atoms with Crippen molar-refractivity contribution in [1.29, 1.82) is 0 Å². The van der Waals surface area contributed by atoms with E-state index in [4.69, 9.17) is 10.7 Å². The second kappa shape index (κ2) is 8.35. The first-order chi connectivity index (χ1) is 15.0. The van der Waals surface area contributed by atoms with Crippen molar-refractivity contribution < 1.29 is 0 Å². The first kappa shape index (κ1) is 20.6. The van der Waals surface area contributed by atoms with Crippen molar-refractivity contribution in [2.45, 2.75) is 50.4 Å². The molecule has 31 heavy (non-hydrogen) atoms. The minimum atomic E-state index is 0.169. The molecule has 3 aliphatic heterocycles. The number of aromatic nitrogens is 3. The molecule has 0 bridgehead atoms. The molecule has 8 heteroatoms. The molecule has 5 N–H and O–H groups in total. The SMILES string of the molecule is C=C(C)c1ccc(C2NNC3CNC(c4cnn(C)c4)CC32)nc1N1CCC[C@H](N)C1. The van der Waals surface area contributed by atoms with Crippen LogP contribution in [0.3, 0.4) is 0 Å². The molecule has 5 heterocycles. The Hall–Kier alpha value is -2.26. The summed E-state index contributed by atoms with van der Waals surface area (Å²) in [6, 6.07) is 5.43. The van der Waals surface area contributed by atoms with Gasteiger partial charge in [0.1, 0.15) is 5.82 Å². The second-order valence-corrected chi connectivity index (χ2v) is 9.42. The Kier molecular flexibility index (Phi) is 5.56. The van der Waals surface area contributed by atoms with E-state index in [9.17, 15) is 0 Å². The Bertz CT molecular complexity index is 953. The molecule has 8 nitrogen and oxygen atoms in total. The van der Waals surface area contributed by atoms with E-state index in [1.165, 1.54) is 5.56 Å². The van der Waals surface area contributed by atoms with Gasteiger partial charge in [-0.05, 0) is 43.9 Å². The predicted octanol–water partition coefficient (Wildman–Crippen LogP) is 1.64. The van der Waals surface area contributed by atoms with Crippen LogP contribution in [0.15, 0.2) is 31.1 Å². The van der Waals surface area contributed by atoms with E-state index < -0.39 is 0 Å². The quantitative estimate of drug-likeness (QED) is 0.595. The monoisotopic (exact) mass is 422 g/mol. The molecule has 2 aromatic heterocycles. The lowest BCUT2D eigenvalue weighted by Crippen LogP contribution is -2.46. The normalized spacial score (nSPS) is 30.9. The number of allylic oxidation sites excluding steroid dienone is 1. The second-order valence-electron chi connectivity index (χ2n) is 9.42. The van der Waals surface area contributed by atoms with Crippen LogP contribution < -0.4 is 26.8 Å². The number of nitrogens with zero attached hydrogens (tertiary/aromatic N) is 4. The van der Waals surface area contributed by atoms with Crippen LogP contribution in [0.1, 0.15) is 55.1 Å². The number of pyridine rings is 1. The smallest absolute Gasteiger partial charge is 0.136 e. The standard InChI is InChI=1S/C23H34N8/c1-14(2)17-6-7-19(27-23(17)31-8-4-5-16(24)13-31)22-18-9-20(15-10-26-30(3)12-15)25-11-21(18)28-29-22/h6-7,10,12,16,18,20-22,25,28-29H,1,4-5,8-9,11,13,24H2,2-3H3/t16-,18?,20?,21?,22?/m0/s1. The van der Waals surface area contributed by atoms with Crippen molar-refractivity contribution >= 4 is 11.4 Å². The van der Waals surface area contributed by atoms with Crippen LogP contribution in [0.2, 0.25) is 0 Å². The van der Waals surface area contributed by atoms with Gasteiger partial charge in [-0.2, -0.15) is 5.10 Å². The Labute approximate surface area is 184 Å². The molecule has 5 rings (SSSR count). The number of hydrogen-bond acceptors (Lipinski definition) is 7. The van der Waals surface area contributed by atoms with E-state index in [1.807, 2.05) is 17.9 Å². The van der Waals surface area contributed by atoms with Crippen LogP contribution in [0.4, 0.5) is 5.82 Å². The fraction of sp³-hybridized carbons (Fsp3) is 0.565. The van der Waals surface area contributed by atoms with Crippen LogP contribution in [-0.4, -0.2) is 46.5 Å². The Balaban J connectivity index is 1.42. The van der Waals surface area contributed by atoms with Gasteiger partial charge in [-0.15, -0.1) is 0 Å². The third-order valence-corrected chi connectivity index (χ3v) is 7.02. The van der Waals surface area contributed by atoms with Crippen molar-refractivity contribution in [3.8, 4) is 0 Å². The zero-order valence-corrected chi connectivity index (χ0v) is 18.5. The van der Waals surface area contributed by atoms with Gasteiger partial charge in [-0.3, -0.25) is 10.1 Å². The molecule has 3 saturated heterocycles. The Morgan fingerprint density at radius 3 is 2.90 bits per heavy atom. The number of fused-ring (bicyclic) bond motifs is 1. The number of hydrogen-bond donors (Lipinski definition) is 4. The van der Waals surface area contributed by atoms with Crippen LogP contribution in [-0.2, 0) is 7.05 Å². The largest absolute Gasteiger partial charge is 0.355 e. The molecule has 0 amide bonds. The van der Waals surface area contributed by atoms with E-state index in [-0.39, 0.29) is 12.1 Å². The summed E-state index contributed by atoms with van der Waals surface area (Å²) >= 11 is 0. The van der Waals surface area contributed by atoms with Gasteiger partial charge in [0.15, 0.2) is 0 Å². The summed E-state index contributed by atoms with van der Waals surface area (Å²) in [5.74, 6) is 1.48. The highest BCUT2D eigenvalue weighted by Gasteiger charge is 2.42. The van der Waals surface area contributed by atoms with Crippen LogP contribution in [0.25, 0.3) is 5.57 Å².